The first-order valence-corrected chi connectivity index (χ1v) is 9.51. The van der Waals surface area contributed by atoms with Crippen LogP contribution in [0.5, 0.6) is 0 Å². The van der Waals surface area contributed by atoms with Crippen LogP contribution in [0.3, 0.4) is 0 Å². The molecule has 1 aromatic heterocycles. The second kappa shape index (κ2) is 8.02. The maximum absolute atomic E-state index is 12.7. The highest BCUT2D eigenvalue weighted by Gasteiger charge is 2.33. The number of nitrogens with one attached hydrogen (secondary N) is 1. The third-order valence-corrected chi connectivity index (χ3v) is 7.08. The molecule has 0 saturated carbocycles. The molecule has 0 saturated heterocycles. The summed E-state index contributed by atoms with van der Waals surface area (Å²) in [5.41, 5.74) is 0. The van der Waals surface area contributed by atoms with Crippen LogP contribution in [0.2, 0.25) is 0 Å². The van der Waals surface area contributed by atoms with Crippen molar-refractivity contribution in [2.45, 2.75) is 62.0 Å². The monoisotopic (exact) mass is 303 g/mol. The van der Waals surface area contributed by atoms with Crippen LogP contribution in [0.25, 0.3) is 0 Å². The Kier molecular flexibility index (Phi) is 7.04. The fourth-order valence-electron chi connectivity index (χ4n) is 2.35. The van der Waals surface area contributed by atoms with Crippen molar-refractivity contribution < 1.29 is 8.42 Å². The van der Waals surface area contributed by atoms with Gasteiger partial charge in [-0.25, -0.2) is 8.42 Å². The minimum absolute atomic E-state index is 0.0575. The molecular formula is C14H25NO2S2. The first-order valence-electron chi connectivity index (χ1n) is 7.08. The Morgan fingerprint density at radius 3 is 2.47 bits per heavy atom. The number of hydrogen-bond acceptors (Lipinski definition) is 4. The lowest BCUT2D eigenvalue weighted by Crippen LogP contribution is -2.44. The molecule has 110 valence electrons. The Hall–Kier alpha value is -0.390. The molecule has 0 aromatic carbocycles. The van der Waals surface area contributed by atoms with Crippen molar-refractivity contribution in [1.29, 1.82) is 0 Å². The zero-order valence-corrected chi connectivity index (χ0v) is 13.7. The van der Waals surface area contributed by atoms with Crippen LogP contribution in [0, 0.1) is 0 Å². The van der Waals surface area contributed by atoms with E-state index in [1.54, 1.807) is 12.1 Å². The second-order valence-corrected chi connectivity index (χ2v) is 8.11. The molecule has 5 heteroatoms. The van der Waals surface area contributed by atoms with Gasteiger partial charge in [0.2, 0.25) is 0 Å². The van der Waals surface area contributed by atoms with Crippen LogP contribution in [0.15, 0.2) is 21.7 Å². The Balaban J connectivity index is 2.95. The largest absolute Gasteiger partial charge is 0.313 e. The van der Waals surface area contributed by atoms with E-state index in [9.17, 15) is 8.42 Å². The Labute approximate surface area is 121 Å². The van der Waals surface area contributed by atoms with E-state index in [0.717, 1.165) is 25.8 Å². The van der Waals surface area contributed by atoms with E-state index < -0.39 is 9.84 Å². The van der Waals surface area contributed by atoms with Gasteiger partial charge in [-0.2, -0.15) is 0 Å². The fourth-order valence-corrected chi connectivity index (χ4v) is 5.55. The standard InChI is InChI=1S/C14H25NO2S2/c1-4-8-12(15-10-5-2)13(6-3)19(16,17)14-9-7-11-18-14/h7,9,11-13,15H,4-6,8,10H2,1-3H3. The van der Waals surface area contributed by atoms with E-state index in [4.69, 9.17) is 0 Å². The summed E-state index contributed by atoms with van der Waals surface area (Å²) in [6, 6.07) is 3.58. The maximum atomic E-state index is 12.7. The molecule has 2 unspecified atom stereocenters. The topological polar surface area (TPSA) is 46.2 Å². The lowest BCUT2D eigenvalue weighted by Gasteiger charge is -2.26. The van der Waals surface area contributed by atoms with Crippen molar-refractivity contribution in [3.05, 3.63) is 17.5 Å². The predicted octanol–water partition coefficient (Wildman–Crippen LogP) is 3.47. The molecule has 0 aliphatic heterocycles. The number of hydrogen-bond donors (Lipinski definition) is 1. The van der Waals surface area contributed by atoms with Crippen molar-refractivity contribution in [2.24, 2.45) is 0 Å². The van der Waals surface area contributed by atoms with Crippen LogP contribution < -0.4 is 5.32 Å². The van der Waals surface area contributed by atoms with E-state index >= 15 is 0 Å². The average Bonchev–Trinajstić information content (AvgIpc) is 2.91. The summed E-state index contributed by atoms with van der Waals surface area (Å²) in [5.74, 6) is 0. The SMILES string of the molecule is CCCNC(CCC)C(CC)S(=O)(=O)c1cccs1. The number of thiophene rings is 1. The molecule has 1 aromatic rings. The molecule has 0 radical (unpaired) electrons. The molecule has 1 rings (SSSR count). The summed E-state index contributed by atoms with van der Waals surface area (Å²) in [5, 5.41) is 4.92. The third-order valence-electron chi connectivity index (χ3n) is 3.28. The zero-order valence-electron chi connectivity index (χ0n) is 12.1. The van der Waals surface area contributed by atoms with Crippen molar-refractivity contribution in [1.82, 2.24) is 5.32 Å². The lowest BCUT2D eigenvalue weighted by atomic mass is 10.1. The molecule has 0 spiro atoms. The highest BCUT2D eigenvalue weighted by atomic mass is 32.2. The molecule has 19 heavy (non-hydrogen) atoms. The van der Waals surface area contributed by atoms with Gasteiger partial charge in [0.1, 0.15) is 4.21 Å². The average molecular weight is 303 g/mol. The van der Waals surface area contributed by atoms with Gasteiger partial charge in [0, 0.05) is 6.04 Å². The summed E-state index contributed by atoms with van der Waals surface area (Å²) in [4.78, 5) is 0. The van der Waals surface area contributed by atoms with Gasteiger partial charge >= 0.3 is 0 Å². The molecule has 2 atom stereocenters. The van der Waals surface area contributed by atoms with Gasteiger partial charge in [0.25, 0.3) is 0 Å². The van der Waals surface area contributed by atoms with Crippen LogP contribution in [-0.2, 0) is 9.84 Å². The van der Waals surface area contributed by atoms with E-state index in [2.05, 4.69) is 19.2 Å². The zero-order chi connectivity index (χ0) is 14.3. The Morgan fingerprint density at radius 2 is 2.00 bits per heavy atom. The van der Waals surface area contributed by atoms with E-state index in [0.29, 0.717) is 10.6 Å². The van der Waals surface area contributed by atoms with Crippen molar-refractivity contribution in [2.75, 3.05) is 6.54 Å². The minimum Gasteiger partial charge on any atom is -0.313 e. The van der Waals surface area contributed by atoms with Gasteiger partial charge in [-0.1, -0.05) is 33.3 Å². The molecule has 0 aliphatic rings. The highest BCUT2D eigenvalue weighted by molar-refractivity contribution is 7.94. The van der Waals surface area contributed by atoms with Crippen molar-refractivity contribution in [3.63, 3.8) is 0 Å². The lowest BCUT2D eigenvalue weighted by molar-refractivity contribution is 0.437. The molecule has 1 N–H and O–H groups in total. The summed E-state index contributed by atoms with van der Waals surface area (Å²) in [7, 11) is -3.20. The minimum atomic E-state index is -3.20. The van der Waals surface area contributed by atoms with Crippen LogP contribution in [0.4, 0.5) is 0 Å². The second-order valence-electron chi connectivity index (χ2n) is 4.77. The number of rotatable bonds is 9. The van der Waals surface area contributed by atoms with E-state index in [1.165, 1.54) is 11.3 Å². The number of sulfone groups is 1. The molecule has 0 aliphatic carbocycles. The third kappa shape index (κ3) is 4.29. The van der Waals surface area contributed by atoms with Crippen molar-refractivity contribution in [3.8, 4) is 0 Å². The molecule has 0 amide bonds. The first-order chi connectivity index (χ1) is 9.07. The highest BCUT2D eigenvalue weighted by Crippen LogP contribution is 2.26. The van der Waals surface area contributed by atoms with Gasteiger partial charge in [-0.15, -0.1) is 11.3 Å². The van der Waals surface area contributed by atoms with Gasteiger partial charge < -0.3 is 5.32 Å². The summed E-state index contributed by atoms with van der Waals surface area (Å²) in [6.45, 7) is 7.04. The van der Waals surface area contributed by atoms with E-state index in [-0.39, 0.29) is 11.3 Å². The van der Waals surface area contributed by atoms with Gasteiger partial charge in [-0.3, -0.25) is 0 Å². The summed E-state index contributed by atoms with van der Waals surface area (Å²) >= 11 is 1.32. The van der Waals surface area contributed by atoms with Gasteiger partial charge in [-0.05, 0) is 37.3 Å². The summed E-state index contributed by atoms with van der Waals surface area (Å²) in [6.07, 6.45) is 3.58. The molecule has 0 bridgehead atoms. The maximum Gasteiger partial charge on any atom is 0.192 e. The molecule has 1 heterocycles. The van der Waals surface area contributed by atoms with Crippen LogP contribution in [-0.4, -0.2) is 26.3 Å². The van der Waals surface area contributed by atoms with E-state index in [1.807, 2.05) is 12.3 Å². The van der Waals surface area contributed by atoms with Crippen molar-refractivity contribution >= 4 is 21.2 Å². The molecule has 0 fully saturated rings. The quantitative estimate of drug-likeness (QED) is 0.760. The normalized spacial score (nSPS) is 15.3. The molecule has 3 nitrogen and oxygen atoms in total. The van der Waals surface area contributed by atoms with Gasteiger partial charge in [0.15, 0.2) is 9.84 Å². The molecular weight excluding hydrogens is 278 g/mol. The summed E-state index contributed by atoms with van der Waals surface area (Å²) < 4.78 is 25.8. The smallest absolute Gasteiger partial charge is 0.192 e. The first kappa shape index (κ1) is 16.7. The Morgan fingerprint density at radius 1 is 1.26 bits per heavy atom. The van der Waals surface area contributed by atoms with Crippen LogP contribution in [0.1, 0.15) is 46.5 Å². The predicted molar refractivity (Wildman–Crippen MR) is 82.6 cm³/mol. The van der Waals surface area contributed by atoms with Gasteiger partial charge in [0.05, 0.1) is 5.25 Å². The fraction of sp³-hybridized carbons (Fsp3) is 0.714. The Bertz CT molecular complexity index is 440. The van der Waals surface area contributed by atoms with Crippen LogP contribution >= 0.6 is 11.3 Å².